The molecule has 0 aliphatic carbocycles. The third kappa shape index (κ3) is 3.22. The smallest absolute Gasteiger partial charge is 0.0728 e. The highest BCUT2D eigenvalue weighted by molar-refractivity contribution is 5.39. The summed E-state index contributed by atoms with van der Waals surface area (Å²) in [5.74, 6) is 0.595. The first-order valence-corrected chi connectivity index (χ1v) is 6.59. The monoisotopic (exact) mass is 237 g/mol. The third-order valence-electron chi connectivity index (χ3n) is 3.39. The summed E-state index contributed by atoms with van der Waals surface area (Å²) in [6.45, 7) is 8.33. The van der Waals surface area contributed by atoms with Gasteiger partial charge < -0.3 is 10.1 Å². The van der Waals surface area contributed by atoms with E-state index in [-0.39, 0.29) is 0 Å². The van der Waals surface area contributed by atoms with E-state index >= 15 is 0 Å². The van der Waals surface area contributed by atoms with Crippen LogP contribution in [0.25, 0.3) is 0 Å². The Bertz CT molecular complexity index is 348. The van der Waals surface area contributed by atoms with Crippen LogP contribution in [0, 0.1) is 5.92 Å². The summed E-state index contributed by atoms with van der Waals surface area (Å²) in [5.41, 5.74) is 1.13. The first kappa shape index (κ1) is 12.4. The van der Waals surface area contributed by atoms with Crippen molar-refractivity contribution in [2.45, 2.75) is 52.3 Å². The lowest BCUT2D eigenvalue weighted by Crippen LogP contribution is -2.36. The van der Waals surface area contributed by atoms with Crippen LogP contribution >= 0.6 is 0 Å². The molecule has 96 valence electrons. The molecule has 17 heavy (non-hydrogen) atoms. The van der Waals surface area contributed by atoms with Crippen molar-refractivity contribution < 1.29 is 4.74 Å². The Morgan fingerprint density at radius 2 is 2.41 bits per heavy atom. The van der Waals surface area contributed by atoms with Gasteiger partial charge in [0, 0.05) is 25.4 Å². The molecule has 1 aromatic rings. The molecular weight excluding hydrogens is 214 g/mol. The van der Waals surface area contributed by atoms with E-state index in [2.05, 4.69) is 37.4 Å². The van der Waals surface area contributed by atoms with E-state index in [4.69, 9.17) is 4.74 Å². The standard InChI is InChI=1S/C13H23N3O/c1-4-16-9-12(8-14-16)15-11-5-6-17-13(7-11)10(2)3/h8-11,13,15H,4-7H2,1-3H3. The molecule has 1 fully saturated rings. The summed E-state index contributed by atoms with van der Waals surface area (Å²) in [6, 6.07) is 0.519. The van der Waals surface area contributed by atoms with Gasteiger partial charge in [0.1, 0.15) is 0 Å². The van der Waals surface area contributed by atoms with Gasteiger partial charge in [-0.2, -0.15) is 5.10 Å². The minimum Gasteiger partial charge on any atom is -0.380 e. The molecule has 1 N–H and O–H groups in total. The Kier molecular flexibility index (Phi) is 4.05. The SMILES string of the molecule is CCn1cc(NC2CCOC(C(C)C)C2)cn1. The number of hydrogen-bond acceptors (Lipinski definition) is 3. The summed E-state index contributed by atoms with van der Waals surface area (Å²) in [6.07, 6.45) is 6.54. The summed E-state index contributed by atoms with van der Waals surface area (Å²) in [7, 11) is 0. The fourth-order valence-electron chi connectivity index (χ4n) is 2.27. The van der Waals surface area contributed by atoms with Crippen molar-refractivity contribution in [3.8, 4) is 0 Å². The zero-order valence-corrected chi connectivity index (χ0v) is 11.0. The molecule has 4 nitrogen and oxygen atoms in total. The Hall–Kier alpha value is -1.03. The van der Waals surface area contributed by atoms with Gasteiger partial charge >= 0.3 is 0 Å². The molecule has 1 aliphatic rings. The highest BCUT2D eigenvalue weighted by Crippen LogP contribution is 2.22. The van der Waals surface area contributed by atoms with Crippen molar-refractivity contribution in [1.82, 2.24) is 9.78 Å². The van der Waals surface area contributed by atoms with Gasteiger partial charge in [0.15, 0.2) is 0 Å². The second kappa shape index (κ2) is 5.54. The van der Waals surface area contributed by atoms with Gasteiger partial charge in [-0.3, -0.25) is 4.68 Å². The van der Waals surface area contributed by atoms with Crippen molar-refractivity contribution in [3.63, 3.8) is 0 Å². The number of anilines is 1. The van der Waals surface area contributed by atoms with E-state index in [0.29, 0.717) is 18.1 Å². The lowest BCUT2D eigenvalue weighted by Gasteiger charge is -2.32. The predicted molar refractivity (Wildman–Crippen MR) is 69.1 cm³/mol. The van der Waals surface area contributed by atoms with E-state index in [9.17, 15) is 0 Å². The number of aryl methyl sites for hydroxylation is 1. The second-order valence-electron chi connectivity index (χ2n) is 5.10. The van der Waals surface area contributed by atoms with E-state index in [1.54, 1.807) is 0 Å². The lowest BCUT2D eigenvalue weighted by molar-refractivity contribution is -0.0160. The fourth-order valence-corrected chi connectivity index (χ4v) is 2.27. The molecule has 2 rings (SSSR count). The van der Waals surface area contributed by atoms with Gasteiger partial charge in [-0.25, -0.2) is 0 Å². The molecule has 1 aliphatic heterocycles. The van der Waals surface area contributed by atoms with E-state index in [1.165, 1.54) is 0 Å². The predicted octanol–water partition coefficient (Wildman–Crippen LogP) is 2.52. The Morgan fingerprint density at radius 3 is 3.06 bits per heavy atom. The molecule has 2 unspecified atom stereocenters. The van der Waals surface area contributed by atoms with E-state index in [0.717, 1.165) is 31.7 Å². The highest BCUT2D eigenvalue weighted by atomic mass is 16.5. The van der Waals surface area contributed by atoms with Crippen molar-refractivity contribution in [2.75, 3.05) is 11.9 Å². The fraction of sp³-hybridized carbons (Fsp3) is 0.769. The molecule has 0 spiro atoms. The van der Waals surface area contributed by atoms with Gasteiger partial charge in [-0.05, 0) is 25.7 Å². The molecule has 0 radical (unpaired) electrons. The van der Waals surface area contributed by atoms with Crippen molar-refractivity contribution >= 4 is 5.69 Å². The largest absolute Gasteiger partial charge is 0.380 e. The minimum absolute atomic E-state index is 0.391. The van der Waals surface area contributed by atoms with Crippen LogP contribution in [0.15, 0.2) is 12.4 Å². The number of rotatable bonds is 4. The molecule has 0 bridgehead atoms. The van der Waals surface area contributed by atoms with Gasteiger partial charge in [0.25, 0.3) is 0 Å². The summed E-state index contributed by atoms with van der Waals surface area (Å²) in [5, 5.41) is 7.83. The number of ether oxygens (including phenoxy) is 1. The van der Waals surface area contributed by atoms with Crippen LogP contribution in [0.3, 0.4) is 0 Å². The Morgan fingerprint density at radius 1 is 1.59 bits per heavy atom. The summed E-state index contributed by atoms with van der Waals surface area (Å²) in [4.78, 5) is 0. The third-order valence-corrected chi connectivity index (χ3v) is 3.39. The van der Waals surface area contributed by atoms with Gasteiger partial charge in [0.2, 0.25) is 0 Å². The van der Waals surface area contributed by atoms with Crippen LogP contribution in [0.4, 0.5) is 5.69 Å². The normalized spacial score (nSPS) is 25.2. The molecule has 0 aromatic carbocycles. The summed E-state index contributed by atoms with van der Waals surface area (Å²) < 4.78 is 7.72. The molecule has 1 saturated heterocycles. The summed E-state index contributed by atoms with van der Waals surface area (Å²) >= 11 is 0. The number of aromatic nitrogens is 2. The molecule has 1 aromatic heterocycles. The molecule has 2 atom stereocenters. The van der Waals surface area contributed by atoms with Crippen LogP contribution in [0.1, 0.15) is 33.6 Å². The van der Waals surface area contributed by atoms with Crippen LogP contribution in [-0.4, -0.2) is 28.5 Å². The maximum atomic E-state index is 5.77. The lowest BCUT2D eigenvalue weighted by atomic mass is 9.95. The van der Waals surface area contributed by atoms with Crippen LogP contribution in [0.2, 0.25) is 0 Å². The molecule has 2 heterocycles. The van der Waals surface area contributed by atoms with Crippen molar-refractivity contribution in [1.29, 1.82) is 0 Å². The first-order valence-electron chi connectivity index (χ1n) is 6.59. The number of nitrogens with one attached hydrogen (secondary N) is 1. The first-order chi connectivity index (χ1) is 8.19. The zero-order chi connectivity index (χ0) is 12.3. The van der Waals surface area contributed by atoms with Crippen molar-refractivity contribution in [2.24, 2.45) is 5.92 Å². The maximum absolute atomic E-state index is 5.77. The van der Waals surface area contributed by atoms with E-state index < -0.39 is 0 Å². The molecule has 0 saturated carbocycles. The second-order valence-corrected chi connectivity index (χ2v) is 5.10. The highest BCUT2D eigenvalue weighted by Gasteiger charge is 2.24. The topological polar surface area (TPSA) is 39.1 Å². The molecule has 0 amide bonds. The minimum atomic E-state index is 0.391. The Labute approximate surface area is 103 Å². The van der Waals surface area contributed by atoms with E-state index in [1.807, 2.05) is 10.9 Å². The average molecular weight is 237 g/mol. The van der Waals surface area contributed by atoms with Gasteiger partial charge in [-0.1, -0.05) is 13.8 Å². The molecular formula is C13H23N3O. The Balaban J connectivity index is 1.90. The average Bonchev–Trinajstić information content (AvgIpc) is 2.77. The number of nitrogens with zero attached hydrogens (tertiary/aromatic N) is 2. The van der Waals surface area contributed by atoms with Crippen LogP contribution < -0.4 is 5.32 Å². The molecule has 4 heteroatoms. The van der Waals surface area contributed by atoms with Crippen LogP contribution in [-0.2, 0) is 11.3 Å². The van der Waals surface area contributed by atoms with Gasteiger partial charge in [0.05, 0.1) is 18.0 Å². The quantitative estimate of drug-likeness (QED) is 0.874. The van der Waals surface area contributed by atoms with Gasteiger partial charge in [-0.15, -0.1) is 0 Å². The van der Waals surface area contributed by atoms with Crippen LogP contribution in [0.5, 0.6) is 0 Å². The maximum Gasteiger partial charge on any atom is 0.0728 e. The zero-order valence-electron chi connectivity index (χ0n) is 11.0. The number of hydrogen-bond donors (Lipinski definition) is 1. The van der Waals surface area contributed by atoms with Crippen molar-refractivity contribution in [3.05, 3.63) is 12.4 Å².